The number of nitro groups is 1. The Balaban J connectivity index is 1.63. The topological polar surface area (TPSA) is 82.6 Å². The molecule has 1 heterocycles. The highest BCUT2D eigenvalue weighted by Gasteiger charge is 2.16. The normalized spacial score (nSPS) is 11.2. The molecule has 0 bridgehead atoms. The highest BCUT2D eigenvalue weighted by atomic mass is 16.6. The quantitative estimate of drug-likeness (QED) is 0.332. The predicted molar refractivity (Wildman–Crippen MR) is 105 cm³/mol. The summed E-state index contributed by atoms with van der Waals surface area (Å²) in [6.45, 7) is 6.57. The van der Waals surface area contributed by atoms with Crippen LogP contribution >= 0.6 is 0 Å². The molecule has 0 fully saturated rings. The molecule has 2 aromatic carbocycles. The summed E-state index contributed by atoms with van der Waals surface area (Å²) < 4.78 is 10.9. The molecule has 0 aliphatic rings. The molecule has 0 N–H and O–H groups in total. The number of benzene rings is 2. The highest BCUT2D eigenvalue weighted by Crippen LogP contribution is 2.25. The van der Waals surface area contributed by atoms with Crippen LogP contribution in [0.25, 0.3) is 11.3 Å². The Kier molecular flexibility index (Phi) is 5.31. The summed E-state index contributed by atoms with van der Waals surface area (Å²) in [6, 6.07) is 17.0. The summed E-state index contributed by atoms with van der Waals surface area (Å²) in [5.41, 5.74) is 2.80. The van der Waals surface area contributed by atoms with Gasteiger partial charge in [-0.3, -0.25) is 10.1 Å². The van der Waals surface area contributed by atoms with E-state index in [4.69, 9.17) is 9.15 Å². The molecule has 6 heteroatoms. The summed E-state index contributed by atoms with van der Waals surface area (Å²) in [5, 5.41) is 10.7. The third-order valence-electron chi connectivity index (χ3n) is 4.36. The number of furan rings is 1. The van der Waals surface area contributed by atoms with Crippen molar-refractivity contribution < 1.29 is 18.9 Å². The molecule has 0 amide bonds. The number of hydrogen-bond acceptors (Lipinski definition) is 5. The fourth-order valence-electron chi connectivity index (χ4n) is 2.67. The third-order valence-corrected chi connectivity index (χ3v) is 4.36. The molecule has 144 valence electrons. The van der Waals surface area contributed by atoms with Crippen molar-refractivity contribution in [2.75, 3.05) is 0 Å². The highest BCUT2D eigenvalue weighted by molar-refractivity contribution is 5.87. The van der Waals surface area contributed by atoms with Gasteiger partial charge in [0.1, 0.15) is 12.4 Å². The van der Waals surface area contributed by atoms with Gasteiger partial charge >= 0.3 is 5.97 Å². The zero-order chi connectivity index (χ0) is 20.3. The van der Waals surface area contributed by atoms with Crippen molar-refractivity contribution in [1.29, 1.82) is 0 Å². The number of nitro benzene ring substituents is 1. The minimum absolute atomic E-state index is 0.00702. The standard InChI is InChI=1S/C22H21NO5/c1-22(2,3)17-8-4-15(5-9-17)14-27-21(24)20-13-12-19(28-20)16-6-10-18(11-7-16)23(25)26/h4-13H,14H2,1-3H3. The molecule has 0 atom stereocenters. The molecular weight excluding hydrogens is 358 g/mol. The Morgan fingerprint density at radius 2 is 1.64 bits per heavy atom. The molecule has 28 heavy (non-hydrogen) atoms. The first-order valence-electron chi connectivity index (χ1n) is 8.85. The number of nitrogens with zero attached hydrogens (tertiary/aromatic N) is 1. The first-order chi connectivity index (χ1) is 13.2. The van der Waals surface area contributed by atoms with Gasteiger partial charge in [-0.1, -0.05) is 45.0 Å². The number of carbonyl (C=O) groups is 1. The van der Waals surface area contributed by atoms with Crippen molar-refractivity contribution in [3.63, 3.8) is 0 Å². The largest absolute Gasteiger partial charge is 0.455 e. The lowest BCUT2D eigenvalue weighted by atomic mass is 9.87. The molecule has 3 rings (SSSR count). The van der Waals surface area contributed by atoms with Gasteiger partial charge in [-0.25, -0.2) is 4.79 Å². The molecule has 0 unspecified atom stereocenters. The summed E-state index contributed by atoms with van der Waals surface area (Å²) in [6.07, 6.45) is 0. The SMILES string of the molecule is CC(C)(C)c1ccc(COC(=O)c2ccc(-c3ccc([N+](=O)[O-])cc3)o2)cc1. The van der Waals surface area contributed by atoms with Gasteiger partial charge in [-0.2, -0.15) is 0 Å². The first kappa shape index (κ1) is 19.4. The van der Waals surface area contributed by atoms with Crippen LogP contribution < -0.4 is 0 Å². The Morgan fingerprint density at radius 1 is 1.00 bits per heavy atom. The Labute approximate surface area is 162 Å². The number of esters is 1. The van der Waals surface area contributed by atoms with Gasteiger partial charge in [0, 0.05) is 17.7 Å². The Morgan fingerprint density at radius 3 is 2.21 bits per heavy atom. The van der Waals surface area contributed by atoms with Gasteiger partial charge in [0.25, 0.3) is 5.69 Å². The second-order valence-corrected chi connectivity index (χ2v) is 7.49. The van der Waals surface area contributed by atoms with E-state index in [2.05, 4.69) is 20.8 Å². The van der Waals surface area contributed by atoms with Crippen molar-refractivity contribution in [2.45, 2.75) is 32.8 Å². The Bertz CT molecular complexity index is 979. The lowest BCUT2D eigenvalue weighted by Crippen LogP contribution is -2.11. The van der Waals surface area contributed by atoms with Crippen LogP contribution in [0.2, 0.25) is 0 Å². The molecule has 0 saturated heterocycles. The van der Waals surface area contributed by atoms with Crippen molar-refractivity contribution >= 4 is 11.7 Å². The van der Waals surface area contributed by atoms with Crippen molar-refractivity contribution in [3.8, 4) is 11.3 Å². The van der Waals surface area contributed by atoms with E-state index < -0.39 is 10.9 Å². The van der Waals surface area contributed by atoms with Crippen molar-refractivity contribution in [1.82, 2.24) is 0 Å². The summed E-state index contributed by atoms with van der Waals surface area (Å²) in [4.78, 5) is 22.5. The maximum absolute atomic E-state index is 12.2. The van der Waals surface area contributed by atoms with E-state index in [1.807, 2.05) is 24.3 Å². The average Bonchev–Trinajstić information content (AvgIpc) is 3.16. The van der Waals surface area contributed by atoms with Gasteiger partial charge in [0.05, 0.1) is 4.92 Å². The maximum atomic E-state index is 12.2. The maximum Gasteiger partial charge on any atom is 0.374 e. The van der Waals surface area contributed by atoms with E-state index >= 15 is 0 Å². The van der Waals surface area contributed by atoms with Crippen LogP contribution in [-0.4, -0.2) is 10.9 Å². The molecule has 0 saturated carbocycles. The van der Waals surface area contributed by atoms with Crippen LogP contribution in [0.3, 0.4) is 0 Å². The number of carbonyl (C=O) groups excluding carboxylic acids is 1. The lowest BCUT2D eigenvalue weighted by Gasteiger charge is -2.19. The molecular formula is C22H21NO5. The summed E-state index contributed by atoms with van der Waals surface area (Å²) in [5.74, 6) is -0.0379. The van der Waals surface area contributed by atoms with Crippen molar-refractivity contribution in [2.24, 2.45) is 0 Å². The van der Waals surface area contributed by atoms with Crippen LogP contribution in [0.15, 0.2) is 65.1 Å². The van der Waals surface area contributed by atoms with E-state index in [1.54, 1.807) is 18.2 Å². The van der Waals surface area contributed by atoms with Gasteiger partial charge in [0.15, 0.2) is 0 Å². The fraction of sp³-hybridized carbons (Fsp3) is 0.227. The number of non-ortho nitro benzene ring substituents is 1. The molecule has 0 aliphatic heterocycles. The molecule has 1 aromatic heterocycles. The number of ether oxygens (including phenoxy) is 1. The smallest absolute Gasteiger partial charge is 0.374 e. The predicted octanol–water partition coefficient (Wildman–Crippen LogP) is 5.51. The summed E-state index contributed by atoms with van der Waals surface area (Å²) in [7, 11) is 0. The Hall–Kier alpha value is -3.41. The average molecular weight is 379 g/mol. The zero-order valence-corrected chi connectivity index (χ0v) is 16.0. The van der Waals surface area contributed by atoms with Gasteiger partial charge in [0.2, 0.25) is 5.76 Å². The van der Waals surface area contributed by atoms with Gasteiger partial charge < -0.3 is 9.15 Å². The third kappa shape index (κ3) is 4.46. The molecule has 6 nitrogen and oxygen atoms in total. The molecule has 0 radical (unpaired) electrons. The van der Waals surface area contributed by atoms with Crippen LogP contribution in [-0.2, 0) is 16.8 Å². The van der Waals surface area contributed by atoms with Gasteiger partial charge in [-0.15, -0.1) is 0 Å². The fourth-order valence-corrected chi connectivity index (χ4v) is 2.67. The zero-order valence-electron chi connectivity index (χ0n) is 16.0. The van der Waals surface area contributed by atoms with Gasteiger partial charge in [-0.05, 0) is 40.8 Å². The molecule has 3 aromatic rings. The van der Waals surface area contributed by atoms with Crippen LogP contribution in [0.1, 0.15) is 42.5 Å². The van der Waals surface area contributed by atoms with E-state index in [9.17, 15) is 14.9 Å². The number of rotatable bonds is 5. The van der Waals surface area contributed by atoms with Crippen LogP contribution in [0.5, 0.6) is 0 Å². The molecule has 0 spiro atoms. The molecule has 0 aliphatic carbocycles. The van der Waals surface area contributed by atoms with E-state index in [-0.39, 0.29) is 23.5 Å². The minimum Gasteiger partial charge on any atom is -0.455 e. The van der Waals surface area contributed by atoms with E-state index in [0.717, 1.165) is 5.56 Å². The van der Waals surface area contributed by atoms with E-state index in [0.29, 0.717) is 11.3 Å². The summed E-state index contributed by atoms with van der Waals surface area (Å²) >= 11 is 0. The van der Waals surface area contributed by atoms with Crippen molar-refractivity contribution in [3.05, 3.63) is 87.7 Å². The van der Waals surface area contributed by atoms with E-state index in [1.165, 1.54) is 23.8 Å². The van der Waals surface area contributed by atoms with Crippen LogP contribution in [0, 0.1) is 10.1 Å². The van der Waals surface area contributed by atoms with Crippen LogP contribution in [0.4, 0.5) is 5.69 Å². The number of hydrogen-bond donors (Lipinski definition) is 0. The second kappa shape index (κ2) is 7.68. The second-order valence-electron chi connectivity index (χ2n) is 7.49. The minimum atomic E-state index is -0.562. The lowest BCUT2D eigenvalue weighted by molar-refractivity contribution is -0.384. The first-order valence-corrected chi connectivity index (χ1v) is 8.85. The monoisotopic (exact) mass is 379 g/mol.